The van der Waals surface area contributed by atoms with Gasteiger partial charge >= 0.3 is 0 Å². The van der Waals surface area contributed by atoms with Gasteiger partial charge in [0.1, 0.15) is 18.3 Å². The topological polar surface area (TPSA) is 57.2 Å². The lowest BCUT2D eigenvalue weighted by Crippen LogP contribution is -2.38. The lowest BCUT2D eigenvalue weighted by Gasteiger charge is -2.23. The van der Waals surface area contributed by atoms with E-state index in [-0.39, 0.29) is 19.8 Å². The third-order valence-corrected chi connectivity index (χ3v) is 5.73. The van der Waals surface area contributed by atoms with Crippen molar-refractivity contribution >= 4 is 46.4 Å². The van der Waals surface area contributed by atoms with E-state index in [0.29, 0.717) is 20.1 Å². The summed E-state index contributed by atoms with van der Waals surface area (Å²) in [6.45, 7) is 0.643. The fraction of sp³-hybridized carbons (Fsp3) is 0.400. The molecule has 1 fully saturated rings. The molecule has 2 aromatic carbocycles. The molecule has 0 amide bonds. The van der Waals surface area contributed by atoms with Crippen LogP contribution in [0.4, 0.5) is 0 Å². The van der Waals surface area contributed by atoms with Gasteiger partial charge in [0.15, 0.2) is 6.29 Å². The number of hydrogen-bond donors (Lipinski definition) is 1. The van der Waals surface area contributed by atoms with E-state index in [1.165, 1.54) is 7.11 Å². The summed E-state index contributed by atoms with van der Waals surface area (Å²) in [6, 6.07) is 10.4. The van der Waals surface area contributed by atoms with Gasteiger partial charge in [0.25, 0.3) is 0 Å². The molecule has 0 saturated carbocycles. The fourth-order valence-corrected chi connectivity index (χ4v) is 3.97. The molecular weight excluding hydrogens is 462 g/mol. The zero-order valence-electron chi connectivity index (χ0n) is 15.5. The highest BCUT2D eigenvalue weighted by Gasteiger charge is 2.45. The Balaban J connectivity index is 1.61. The third-order valence-electron chi connectivity index (χ3n) is 4.56. The van der Waals surface area contributed by atoms with Crippen LogP contribution >= 0.6 is 46.4 Å². The normalized spacial score (nSPS) is 24.2. The third kappa shape index (κ3) is 5.97. The van der Waals surface area contributed by atoms with Crippen LogP contribution in [0.5, 0.6) is 0 Å². The monoisotopic (exact) mass is 480 g/mol. The number of aliphatic hydroxyl groups is 1. The summed E-state index contributed by atoms with van der Waals surface area (Å²) >= 11 is 24.2. The molecule has 1 heterocycles. The van der Waals surface area contributed by atoms with Crippen LogP contribution in [0.15, 0.2) is 36.4 Å². The molecule has 0 aliphatic carbocycles. The first kappa shape index (κ1) is 23.1. The van der Waals surface area contributed by atoms with Gasteiger partial charge in [-0.05, 0) is 35.4 Å². The highest BCUT2D eigenvalue weighted by atomic mass is 35.5. The molecule has 2 aromatic rings. The number of methoxy groups -OCH3 is 1. The largest absolute Gasteiger partial charge is 0.374 e. The summed E-state index contributed by atoms with van der Waals surface area (Å²) < 4.78 is 22.7. The first-order valence-corrected chi connectivity index (χ1v) is 10.3. The molecule has 0 bridgehead atoms. The number of halogens is 4. The van der Waals surface area contributed by atoms with Gasteiger partial charge in [0.05, 0.1) is 19.8 Å². The van der Waals surface area contributed by atoms with E-state index < -0.39 is 24.6 Å². The molecule has 1 aliphatic rings. The van der Waals surface area contributed by atoms with E-state index in [2.05, 4.69) is 0 Å². The molecule has 0 spiro atoms. The van der Waals surface area contributed by atoms with E-state index >= 15 is 0 Å². The Bertz CT molecular complexity index is 835. The van der Waals surface area contributed by atoms with E-state index in [0.717, 1.165) is 11.1 Å². The van der Waals surface area contributed by atoms with Crippen molar-refractivity contribution in [2.75, 3.05) is 13.7 Å². The van der Waals surface area contributed by atoms with Gasteiger partial charge in [-0.25, -0.2) is 0 Å². The lowest BCUT2D eigenvalue weighted by molar-refractivity contribution is -0.143. The minimum Gasteiger partial charge on any atom is -0.374 e. The zero-order valence-corrected chi connectivity index (χ0v) is 18.5. The van der Waals surface area contributed by atoms with E-state index in [4.69, 9.17) is 65.4 Å². The standard InChI is InChI=1S/C20H20Cl4O5/c1-26-19-18(28-9-12-3-5-14(22)7-16(12)24)17(29-20(19)25)10-27-8-11-2-4-13(21)6-15(11)23/h2-7,17-20,25H,8-10H2,1H3/t17-,18-,19-,20-/m1/s1. The number of rotatable bonds is 8. The summed E-state index contributed by atoms with van der Waals surface area (Å²) in [5.41, 5.74) is 1.56. The highest BCUT2D eigenvalue weighted by Crippen LogP contribution is 2.29. The number of hydrogen-bond acceptors (Lipinski definition) is 5. The summed E-state index contributed by atoms with van der Waals surface area (Å²) in [4.78, 5) is 0. The van der Waals surface area contributed by atoms with Gasteiger partial charge in [-0.3, -0.25) is 0 Å². The Morgan fingerprint density at radius 1 is 0.897 bits per heavy atom. The van der Waals surface area contributed by atoms with E-state index in [1.807, 2.05) is 0 Å². The van der Waals surface area contributed by atoms with Crippen LogP contribution in [-0.2, 0) is 32.2 Å². The van der Waals surface area contributed by atoms with Crippen LogP contribution in [0.1, 0.15) is 11.1 Å². The first-order chi connectivity index (χ1) is 13.9. The van der Waals surface area contributed by atoms with Crippen molar-refractivity contribution in [2.45, 2.75) is 37.8 Å². The summed E-state index contributed by atoms with van der Waals surface area (Å²) in [7, 11) is 1.49. The highest BCUT2D eigenvalue weighted by molar-refractivity contribution is 6.35. The van der Waals surface area contributed by atoms with Crippen molar-refractivity contribution in [1.29, 1.82) is 0 Å². The maximum atomic E-state index is 10.1. The van der Waals surface area contributed by atoms with Gasteiger partial charge < -0.3 is 24.1 Å². The second-order valence-corrected chi connectivity index (χ2v) is 8.21. The van der Waals surface area contributed by atoms with Crippen LogP contribution in [0.25, 0.3) is 0 Å². The molecule has 158 valence electrons. The molecule has 0 unspecified atom stereocenters. The molecule has 0 radical (unpaired) electrons. The van der Waals surface area contributed by atoms with Crippen LogP contribution in [0.3, 0.4) is 0 Å². The van der Waals surface area contributed by atoms with Crippen molar-refractivity contribution in [3.05, 3.63) is 67.6 Å². The van der Waals surface area contributed by atoms with Crippen molar-refractivity contribution in [3.8, 4) is 0 Å². The Kier molecular flexibility index (Phi) is 8.45. The molecule has 3 rings (SSSR count). The average Bonchev–Trinajstić information content (AvgIpc) is 2.97. The van der Waals surface area contributed by atoms with Crippen molar-refractivity contribution in [3.63, 3.8) is 0 Å². The van der Waals surface area contributed by atoms with Gasteiger partial charge in [-0.2, -0.15) is 0 Å². The number of benzene rings is 2. The van der Waals surface area contributed by atoms with Gasteiger partial charge in [-0.15, -0.1) is 0 Å². The van der Waals surface area contributed by atoms with Crippen LogP contribution in [0, 0.1) is 0 Å². The summed E-state index contributed by atoms with van der Waals surface area (Å²) in [6.07, 6.45) is -2.87. The molecule has 5 nitrogen and oxygen atoms in total. The SMILES string of the molecule is CO[C@@H]1[C@H](OCc2ccc(Cl)cc2Cl)[C@@H](COCc2ccc(Cl)cc2Cl)O[C@H]1O. The molecule has 0 aromatic heterocycles. The maximum Gasteiger partial charge on any atom is 0.184 e. The van der Waals surface area contributed by atoms with E-state index in [1.54, 1.807) is 36.4 Å². The van der Waals surface area contributed by atoms with Crippen LogP contribution < -0.4 is 0 Å². The number of aliphatic hydroxyl groups excluding tert-OH is 1. The Morgan fingerprint density at radius 2 is 1.48 bits per heavy atom. The molecule has 9 heteroatoms. The molecule has 29 heavy (non-hydrogen) atoms. The lowest BCUT2D eigenvalue weighted by atomic mass is 10.1. The fourth-order valence-electron chi connectivity index (χ4n) is 3.04. The van der Waals surface area contributed by atoms with Gasteiger partial charge in [-0.1, -0.05) is 58.5 Å². The second-order valence-electron chi connectivity index (χ2n) is 6.53. The van der Waals surface area contributed by atoms with Crippen molar-refractivity contribution in [2.24, 2.45) is 0 Å². The molecule has 4 atom stereocenters. The molecule has 1 N–H and O–H groups in total. The Labute approximate surface area is 189 Å². The smallest absolute Gasteiger partial charge is 0.184 e. The molecule has 1 aliphatic heterocycles. The summed E-state index contributed by atoms with van der Waals surface area (Å²) in [5.74, 6) is 0. The van der Waals surface area contributed by atoms with Gasteiger partial charge in [0.2, 0.25) is 0 Å². The Morgan fingerprint density at radius 3 is 2.03 bits per heavy atom. The quantitative estimate of drug-likeness (QED) is 0.566. The zero-order chi connectivity index (χ0) is 21.0. The Hall–Kier alpha value is -0.600. The number of ether oxygens (including phenoxy) is 4. The molecular formula is C20H20Cl4O5. The van der Waals surface area contributed by atoms with Crippen molar-refractivity contribution < 1.29 is 24.1 Å². The van der Waals surface area contributed by atoms with Crippen molar-refractivity contribution in [1.82, 2.24) is 0 Å². The predicted molar refractivity (Wildman–Crippen MR) is 113 cm³/mol. The van der Waals surface area contributed by atoms with Crippen LogP contribution in [-0.4, -0.2) is 43.4 Å². The average molecular weight is 482 g/mol. The summed E-state index contributed by atoms with van der Waals surface area (Å²) in [5, 5.41) is 12.3. The van der Waals surface area contributed by atoms with E-state index in [9.17, 15) is 5.11 Å². The second kappa shape index (κ2) is 10.6. The predicted octanol–water partition coefficient (Wildman–Crippen LogP) is 5.13. The minimum atomic E-state index is -1.13. The maximum absolute atomic E-state index is 10.1. The minimum absolute atomic E-state index is 0.175. The van der Waals surface area contributed by atoms with Gasteiger partial charge in [0, 0.05) is 27.2 Å². The van der Waals surface area contributed by atoms with Crippen LogP contribution in [0.2, 0.25) is 20.1 Å². The molecule has 1 saturated heterocycles. The first-order valence-electron chi connectivity index (χ1n) is 8.82.